The summed E-state index contributed by atoms with van der Waals surface area (Å²) in [6.45, 7) is 1.55. The Balaban J connectivity index is -0.000000711. The van der Waals surface area contributed by atoms with E-state index in [0.717, 1.165) is 12.8 Å². The third-order valence-corrected chi connectivity index (χ3v) is 5.97. The molecule has 0 aliphatic heterocycles. The smallest absolute Gasteiger partial charge is 0.303 e. The van der Waals surface area contributed by atoms with Crippen molar-refractivity contribution < 1.29 is 45.0 Å². The van der Waals surface area contributed by atoms with Crippen LogP contribution in [0.1, 0.15) is 148 Å². The third-order valence-electron chi connectivity index (χ3n) is 5.97. The van der Waals surface area contributed by atoms with Gasteiger partial charge in [-0.1, -0.05) is 122 Å². The molecule has 0 saturated carbocycles. The molecule has 0 radical (unpaired) electrons. The minimum atomic E-state index is -1.08. The fourth-order valence-corrected chi connectivity index (χ4v) is 3.63. The van der Waals surface area contributed by atoms with Crippen molar-refractivity contribution in [1.82, 2.24) is 0 Å². The molecule has 0 heterocycles. The van der Waals surface area contributed by atoms with Crippen LogP contribution in [0.15, 0.2) is 0 Å². The van der Waals surface area contributed by atoms with E-state index in [4.69, 9.17) is 30.6 Å². The highest BCUT2D eigenvalue weighted by Gasteiger charge is 2.00. The lowest BCUT2D eigenvalue weighted by Crippen LogP contribution is -2.15. The van der Waals surface area contributed by atoms with Gasteiger partial charge < -0.3 is 30.6 Å². The molecule has 0 spiro atoms. The van der Waals surface area contributed by atoms with Crippen molar-refractivity contribution in [2.75, 3.05) is 13.2 Å². The first-order valence-corrected chi connectivity index (χ1v) is 14.8. The number of carboxylic acid groups (broad SMARTS) is 3. The van der Waals surface area contributed by atoms with E-state index in [-0.39, 0.29) is 26.1 Å². The van der Waals surface area contributed by atoms with Gasteiger partial charge in [-0.15, -0.1) is 0 Å². The van der Waals surface area contributed by atoms with Crippen LogP contribution in [0.25, 0.3) is 0 Å². The summed E-state index contributed by atoms with van der Waals surface area (Å²) in [7, 11) is 0. The van der Waals surface area contributed by atoms with Crippen LogP contribution in [0.3, 0.4) is 0 Å². The average molecular weight is 551 g/mol. The topological polar surface area (TPSA) is 173 Å². The number of carboxylic acids is 3. The second kappa shape index (κ2) is 35.3. The number of unbranched alkanes of at least 4 members (excludes halogenated alkanes) is 18. The summed E-state index contributed by atoms with van der Waals surface area (Å²) in [6, 6.07) is 0. The number of rotatable bonds is 25. The molecule has 0 fully saturated rings. The molecule has 0 aromatic carbocycles. The Hall–Kier alpha value is -1.71. The molecular weight excluding hydrogens is 492 g/mol. The Labute approximate surface area is 230 Å². The monoisotopic (exact) mass is 550 g/mol. The molecule has 38 heavy (non-hydrogen) atoms. The van der Waals surface area contributed by atoms with Gasteiger partial charge in [-0.25, -0.2) is 0 Å². The minimum Gasteiger partial charge on any atom is -0.481 e. The second-order valence-electron chi connectivity index (χ2n) is 9.81. The lowest BCUT2D eigenvalue weighted by atomic mass is 10.0. The molecule has 0 aromatic heterocycles. The molecule has 0 rings (SSSR count). The van der Waals surface area contributed by atoms with Crippen molar-refractivity contribution >= 4 is 17.9 Å². The number of aliphatic hydroxyl groups excluding tert-OH is 3. The van der Waals surface area contributed by atoms with Gasteiger partial charge in [0.2, 0.25) is 0 Å². The van der Waals surface area contributed by atoms with Crippen molar-refractivity contribution in [2.24, 2.45) is 0 Å². The van der Waals surface area contributed by atoms with E-state index >= 15 is 0 Å². The van der Waals surface area contributed by atoms with Crippen LogP contribution in [0.4, 0.5) is 0 Å². The lowest BCUT2D eigenvalue weighted by molar-refractivity contribution is -0.143. The van der Waals surface area contributed by atoms with Gasteiger partial charge in [0, 0.05) is 6.42 Å². The number of carbonyl (C=O) groups is 3. The maximum Gasteiger partial charge on any atom is 0.303 e. The fourth-order valence-electron chi connectivity index (χ4n) is 3.63. The van der Waals surface area contributed by atoms with Gasteiger partial charge in [0.25, 0.3) is 0 Å². The summed E-state index contributed by atoms with van der Waals surface area (Å²) in [4.78, 5) is 29.7. The maximum atomic E-state index is 10.4. The van der Waals surface area contributed by atoms with E-state index in [1.54, 1.807) is 0 Å². The number of hydrogen-bond acceptors (Lipinski definition) is 6. The molecule has 0 saturated heterocycles. The molecule has 9 heteroatoms. The van der Waals surface area contributed by atoms with Crippen LogP contribution < -0.4 is 0 Å². The highest BCUT2D eigenvalue weighted by molar-refractivity contribution is 5.75. The zero-order valence-electron chi connectivity index (χ0n) is 24.0. The zero-order chi connectivity index (χ0) is 29.3. The summed E-state index contributed by atoms with van der Waals surface area (Å²) in [5.41, 5.74) is 0. The van der Waals surface area contributed by atoms with Crippen LogP contribution in [0, 0.1) is 0 Å². The molecule has 0 unspecified atom stereocenters. The molecule has 6 N–H and O–H groups in total. The first-order chi connectivity index (χ1) is 18.2. The third kappa shape index (κ3) is 47.5. The zero-order valence-corrected chi connectivity index (χ0v) is 24.0. The first kappa shape index (κ1) is 40.8. The van der Waals surface area contributed by atoms with E-state index in [2.05, 4.69) is 6.92 Å². The van der Waals surface area contributed by atoms with Crippen molar-refractivity contribution in [3.63, 3.8) is 0 Å². The molecule has 0 aromatic rings. The van der Waals surface area contributed by atoms with E-state index < -0.39 is 24.0 Å². The number of hydrogen-bond donors (Lipinski definition) is 6. The van der Waals surface area contributed by atoms with Gasteiger partial charge in [-0.2, -0.15) is 0 Å². The van der Waals surface area contributed by atoms with Crippen LogP contribution >= 0.6 is 0 Å². The summed E-state index contributed by atoms with van der Waals surface area (Å²) < 4.78 is 0. The van der Waals surface area contributed by atoms with Gasteiger partial charge in [0.05, 0.1) is 26.1 Å². The Bertz CT molecular complexity index is 494. The predicted molar refractivity (Wildman–Crippen MR) is 150 cm³/mol. The predicted octanol–water partition coefficient (Wildman–Crippen LogP) is 6.16. The molecule has 0 amide bonds. The highest BCUT2D eigenvalue weighted by atomic mass is 16.4. The van der Waals surface area contributed by atoms with Crippen molar-refractivity contribution in [3.05, 3.63) is 0 Å². The van der Waals surface area contributed by atoms with Crippen LogP contribution in [-0.4, -0.2) is 67.9 Å². The fraction of sp³-hybridized carbons (Fsp3) is 0.897. The van der Waals surface area contributed by atoms with Gasteiger partial charge in [-0.05, 0) is 6.42 Å². The Morgan fingerprint density at radius 3 is 0.868 bits per heavy atom. The van der Waals surface area contributed by atoms with Gasteiger partial charge >= 0.3 is 17.9 Å². The molecule has 9 nitrogen and oxygen atoms in total. The SMILES string of the molecule is CCCCCCCCCCCCCCCCCCCCCC(=O)O.O=C(O)CCC(=O)O.OCC(O)CO. The van der Waals surface area contributed by atoms with E-state index in [0.29, 0.717) is 6.42 Å². The van der Waals surface area contributed by atoms with Crippen LogP contribution in [-0.2, 0) is 14.4 Å². The lowest BCUT2D eigenvalue weighted by Gasteiger charge is -2.03. The Kier molecular flexibility index (Phi) is 37.9. The molecule has 0 aliphatic carbocycles. The average Bonchev–Trinajstić information content (AvgIpc) is 2.89. The highest BCUT2D eigenvalue weighted by Crippen LogP contribution is 2.14. The summed E-state index contributed by atoms with van der Waals surface area (Å²) >= 11 is 0. The van der Waals surface area contributed by atoms with E-state index in [9.17, 15) is 14.4 Å². The van der Waals surface area contributed by atoms with E-state index in [1.165, 1.54) is 109 Å². The Morgan fingerprint density at radius 1 is 0.447 bits per heavy atom. The van der Waals surface area contributed by atoms with Crippen molar-refractivity contribution in [3.8, 4) is 0 Å². The molecule has 0 atom stereocenters. The maximum absolute atomic E-state index is 10.4. The number of aliphatic hydroxyl groups is 3. The summed E-state index contributed by atoms with van der Waals surface area (Å²) in [5, 5.41) is 48.4. The standard InChI is InChI=1S/C22H44O2.C4H6O4.C3H8O3/c1-2-3-4-5-6-7-8-9-10-11-12-13-14-15-16-17-18-19-20-21-22(23)24;5-3(6)1-2-4(7)8;4-1-3(6)2-5/h2-21H2,1H3,(H,23,24);1-2H2,(H,5,6)(H,7,8);3-6H,1-2H2. The molecule has 228 valence electrons. The Morgan fingerprint density at radius 2 is 0.684 bits per heavy atom. The molecule has 0 aliphatic rings. The van der Waals surface area contributed by atoms with Gasteiger partial charge in [0.15, 0.2) is 0 Å². The first-order valence-electron chi connectivity index (χ1n) is 14.8. The van der Waals surface area contributed by atoms with Crippen molar-refractivity contribution in [1.29, 1.82) is 0 Å². The van der Waals surface area contributed by atoms with Crippen LogP contribution in [0.2, 0.25) is 0 Å². The quantitative estimate of drug-likeness (QED) is 0.0727. The summed E-state index contributed by atoms with van der Waals surface area (Å²) in [6.07, 6.45) is 24.5. The largest absolute Gasteiger partial charge is 0.481 e. The van der Waals surface area contributed by atoms with Crippen molar-refractivity contribution in [2.45, 2.75) is 154 Å². The van der Waals surface area contributed by atoms with E-state index in [1.807, 2.05) is 0 Å². The van der Waals surface area contributed by atoms with Gasteiger partial charge in [-0.3, -0.25) is 14.4 Å². The summed E-state index contributed by atoms with van der Waals surface area (Å²) in [5.74, 6) is -2.80. The van der Waals surface area contributed by atoms with Gasteiger partial charge in [0.1, 0.15) is 6.10 Å². The number of aliphatic carboxylic acids is 3. The molecule has 0 bridgehead atoms. The normalized spacial score (nSPS) is 10.3. The van der Waals surface area contributed by atoms with Crippen LogP contribution in [0.5, 0.6) is 0 Å². The minimum absolute atomic E-state index is 0.296. The second-order valence-corrected chi connectivity index (χ2v) is 9.81. The molecular formula is C29H58O9.